The molecule has 0 atom stereocenters. The highest BCUT2D eigenvalue weighted by Crippen LogP contribution is 2.37. The molecule has 2 amide bonds. The number of carbonyl (C=O) groups is 1. The number of piperazine rings is 1. The van der Waals surface area contributed by atoms with Crippen molar-refractivity contribution in [2.45, 2.75) is 33.0 Å². The Morgan fingerprint density at radius 1 is 0.963 bits per heavy atom. The lowest BCUT2D eigenvalue weighted by Gasteiger charge is -2.42. The van der Waals surface area contributed by atoms with Crippen LogP contribution in [0.5, 0.6) is 0 Å². The second kappa shape index (κ2) is 7.61. The maximum atomic E-state index is 13.2. The lowest BCUT2D eigenvalue weighted by molar-refractivity contribution is 0.182. The summed E-state index contributed by atoms with van der Waals surface area (Å²) in [6.07, 6.45) is 0. The van der Waals surface area contributed by atoms with Gasteiger partial charge in [0.15, 0.2) is 0 Å². The van der Waals surface area contributed by atoms with E-state index in [9.17, 15) is 4.79 Å². The fraction of sp³-hybridized carbons (Fsp3) is 0.409. The number of benzene rings is 2. The maximum absolute atomic E-state index is 13.2. The maximum Gasteiger partial charge on any atom is 0.325 e. The molecule has 4 rings (SSSR count). The van der Waals surface area contributed by atoms with Gasteiger partial charge in [-0.3, -0.25) is 4.90 Å². The number of nitrogens with one attached hydrogen (secondary N) is 1. The van der Waals surface area contributed by atoms with Gasteiger partial charge in [-0.15, -0.1) is 0 Å². The minimum atomic E-state index is 0.0961. The van der Waals surface area contributed by atoms with E-state index in [1.54, 1.807) is 0 Å². The third-order valence-electron chi connectivity index (χ3n) is 5.49. The molecule has 27 heavy (non-hydrogen) atoms. The first kappa shape index (κ1) is 17.9. The van der Waals surface area contributed by atoms with E-state index in [0.29, 0.717) is 13.1 Å². The van der Waals surface area contributed by atoms with Gasteiger partial charge >= 0.3 is 6.03 Å². The van der Waals surface area contributed by atoms with Gasteiger partial charge in [0.05, 0.1) is 18.8 Å². The van der Waals surface area contributed by atoms with Crippen LogP contribution in [0.1, 0.15) is 25.0 Å². The Morgan fingerprint density at radius 3 is 2.37 bits per heavy atom. The first-order chi connectivity index (χ1) is 13.1. The van der Waals surface area contributed by atoms with Gasteiger partial charge in [0.1, 0.15) is 0 Å². The quantitative estimate of drug-likeness (QED) is 0.903. The molecule has 2 aliphatic rings. The molecule has 2 aromatic rings. The van der Waals surface area contributed by atoms with Crippen molar-refractivity contribution >= 4 is 17.4 Å². The van der Waals surface area contributed by atoms with Crippen molar-refractivity contribution in [1.29, 1.82) is 0 Å². The number of nitrogens with zero attached hydrogens (tertiary/aromatic N) is 3. The molecule has 1 fully saturated rings. The summed E-state index contributed by atoms with van der Waals surface area (Å²) in [6, 6.07) is 16.9. The Morgan fingerprint density at radius 2 is 1.67 bits per heavy atom. The zero-order valence-corrected chi connectivity index (χ0v) is 16.2. The van der Waals surface area contributed by atoms with Crippen LogP contribution in [0, 0.1) is 0 Å². The van der Waals surface area contributed by atoms with Crippen LogP contribution in [0.25, 0.3) is 0 Å². The summed E-state index contributed by atoms with van der Waals surface area (Å²) in [7, 11) is 0. The summed E-state index contributed by atoms with van der Waals surface area (Å²) in [4.78, 5) is 19.6. The molecule has 2 aliphatic heterocycles. The van der Waals surface area contributed by atoms with Crippen LogP contribution >= 0.6 is 0 Å². The van der Waals surface area contributed by atoms with Crippen molar-refractivity contribution in [1.82, 2.24) is 10.2 Å². The second-order valence-electron chi connectivity index (χ2n) is 7.59. The first-order valence-electron chi connectivity index (χ1n) is 9.85. The molecule has 0 aliphatic carbocycles. The van der Waals surface area contributed by atoms with E-state index in [2.05, 4.69) is 54.4 Å². The smallest absolute Gasteiger partial charge is 0.325 e. The average molecular weight is 364 g/mol. The molecule has 0 bridgehead atoms. The molecule has 5 heteroatoms. The Labute approximate surface area is 161 Å². The number of carbonyl (C=O) groups excluding carboxylic acids is 1. The summed E-state index contributed by atoms with van der Waals surface area (Å²) < 4.78 is 0. The van der Waals surface area contributed by atoms with Gasteiger partial charge in [0.2, 0.25) is 0 Å². The van der Waals surface area contributed by atoms with Crippen LogP contribution in [0.4, 0.5) is 16.2 Å². The van der Waals surface area contributed by atoms with Crippen molar-refractivity contribution in [3.63, 3.8) is 0 Å². The van der Waals surface area contributed by atoms with E-state index < -0.39 is 0 Å². The largest absolute Gasteiger partial charge is 0.369 e. The van der Waals surface area contributed by atoms with E-state index >= 15 is 0 Å². The summed E-state index contributed by atoms with van der Waals surface area (Å²) in [5.41, 5.74) is 4.74. The van der Waals surface area contributed by atoms with Crippen LogP contribution in [0.15, 0.2) is 48.5 Å². The molecule has 1 saturated heterocycles. The molecule has 0 radical (unpaired) electrons. The van der Waals surface area contributed by atoms with Gasteiger partial charge in [-0.05, 0) is 31.5 Å². The predicted octanol–water partition coefficient (Wildman–Crippen LogP) is 3.45. The van der Waals surface area contributed by atoms with E-state index in [0.717, 1.165) is 37.4 Å². The van der Waals surface area contributed by atoms with Crippen LogP contribution in [-0.2, 0) is 13.1 Å². The molecule has 142 valence electrons. The van der Waals surface area contributed by atoms with Crippen LogP contribution in [-0.4, -0.2) is 43.2 Å². The minimum absolute atomic E-state index is 0.0961. The highest BCUT2D eigenvalue weighted by Gasteiger charge is 2.34. The van der Waals surface area contributed by atoms with Gasteiger partial charge in [-0.1, -0.05) is 36.4 Å². The Bertz CT molecular complexity index is 799. The van der Waals surface area contributed by atoms with Gasteiger partial charge in [0.25, 0.3) is 0 Å². The molecule has 2 aromatic carbocycles. The highest BCUT2D eigenvalue weighted by molar-refractivity contribution is 5.96. The molecule has 2 heterocycles. The third-order valence-corrected chi connectivity index (χ3v) is 5.49. The fourth-order valence-electron chi connectivity index (χ4n) is 4.00. The summed E-state index contributed by atoms with van der Waals surface area (Å²) >= 11 is 0. The zero-order valence-electron chi connectivity index (χ0n) is 16.2. The molecular formula is C22H28N4O. The number of hydrogen-bond acceptors (Lipinski definition) is 3. The minimum Gasteiger partial charge on any atom is -0.369 e. The van der Waals surface area contributed by atoms with Gasteiger partial charge in [-0.2, -0.15) is 0 Å². The third kappa shape index (κ3) is 3.52. The van der Waals surface area contributed by atoms with Crippen molar-refractivity contribution < 1.29 is 4.79 Å². The topological polar surface area (TPSA) is 38.8 Å². The van der Waals surface area contributed by atoms with Crippen LogP contribution < -0.4 is 15.1 Å². The molecule has 0 aromatic heterocycles. The Kier molecular flexibility index (Phi) is 5.03. The average Bonchev–Trinajstić information content (AvgIpc) is 2.70. The van der Waals surface area contributed by atoms with Gasteiger partial charge in [0, 0.05) is 43.5 Å². The van der Waals surface area contributed by atoms with Crippen LogP contribution in [0.2, 0.25) is 0 Å². The van der Waals surface area contributed by atoms with E-state index in [-0.39, 0.29) is 12.1 Å². The fourth-order valence-corrected chi connectivity index (χ4v) is 4.00. The molecular weight excluding hydrogens is 336 g/mol. The number of amides is 2. The molecule has 0 spiro atoms. The molecule has 1 N–H and O–H groups in total. The van der Waals surface area contributed by atoms with Crippen LogP contribution in [0.3, 0.4) is 0 Å². The van der Waals surface area contributed by atoms with E-state index in [4.69, 9.17) is 0 Å². The van der Waals surface area contributed by atoms with Gasteiger partial charge in [-0.25, -0.2) is 4.79 Å². The lowest BCUT2D eigenvalue weighted by atomic mass is 10.0. The monoisotopic (exact) mass is 364 g/mol. The first-order valence-corrected chi connectivity index (χ1v) is 9.85. The number of fused-ring (bicyclic) bond motifs is 1. The predicted molar refractivity (Wildman–Crippen MR) is 110 cm³/mol. The molecule has 5 nitrogen and oxygen atoms in total. The van der Waals surface area contributed by atoms with Crippen molar-refractivity contribution in [3.8, 4) is 0 Å². The molecule has 0 saturated carbocycles. The molecule has 0 unspecified atom stereocenters. The zero-order chi connectivity index (χ0) is 18.8. The number of hydrogen-bond donors (Lipinski definition) is 1. The van der Waals surface area contributed by atoms with E-state index in [1.807, 2.05) is 28.0 Å². The van der Waals surface area contributed by atoms with E-state index in [1.165, 1.54) is 11.3 Å². The Hall–Kier alpha value is -2.53. The lowest BCUT2D eigenvalue weighted by Crippen LogP contribution is -2.50. The van der Waals surface area contributed by atoms with Crippen molar-refractivity contribution in [3.05, 3.63) is 59.7 Å². The van der Waals surface area contributed by atoms with Crippen molar-refractivity contribution in [2.75, 3.05) is 36.0 Å². The number of anilines is 2. The SMILES string of the molecule is CC(C)N1Cc2c(N3CCNCC3)cccc2N(Cc2ccccc2)C1=O. The van der Waals surface area contributed by atoms with Gasteiger partial charge < -0.3 is 15.1 Å². The Balaban J connectivity index is 1.75. The number of rotatable bonds is 4. The summed E-state index contributed by atoms with van der Waals surface area (Å²) in [5, 5.41) is 3.42. The normalized spacial score (nSPS) is 17.4. The summed E-state index contributed by atoms with van der Waals surface area (Å²) in [5.74, 6) is 0. The highest BCUT2D eigenvalue weighted by atomic mass is 16.2. The standard InChI is InChI=1S/C22H28N4O/c1-17(2)25-16-19-20(24-13-11-23-12-14-24)9-6-10-21(19)26(22(25)27)15-18-7-4-3-5-8-18/h3-10,17,23H,11-16H2,1-2H3. The number of urea groups is 1. The second-order valence-corrected chi connectivity index (χ2v) is 7.59. The van der Waals surface area contributed by atoms with Crippen molar-refractivity contribution in [2.24, 2.45) is 0 Å². The summed E-state index contributed by atoms with van der Waals surface area (Å²) in [6.45, 7) is 9.48.